The van der Waals surface area contributed by atoms with Crippen LogP contribution in [0.4, 0.5) is 0 Å². The highest BCUT2D eigenvalue weighted by Gasteiger charge is 2.30. The van der Waals surface area contributed by atoms with Gasteiger partial charge in [-0.25, -0.2) is 12.7 Å². The zero-order valence-electron chi connectivity index (χ0n) is 17.0. The van der Waals surface area contributed by atoms with Gasteiger partial charge in [0.1, 0.15) is 0 Å². The van der Waals surface area contributed by atoms with Crippen molar-refractivity contribution in [3.63, 3.8) is 0 Å². The third kappa shape index (κ3) is 5.67. The Kier molecular flexibility index (Phi) is 7.45. The molecule has 0 spiro atoms. The van der Waals surface area contributed by atoms with Gasteiger partial charge in [-0.3, -0.25) is 4.79 Å². The molecule has 1 fully saturated rings. The van der Waals surface area contributed by atoms with Crippen LogP contribution in [0.5, 0.6) is 0 Å². The lowest BCUT2D eigenvalue weighted by Gasteiger charge is -2.32. The Labute approximate surface area is 174 Å². The van der Waals surface area contributed by atoms with E-state index in [9.17, 15) is 13.2 Å². The molecule has 0 aliphatic carbocycles. The van der Waals surface area contributed by atoms with Gasteiger partial charge in [-0.2, -0.15) is 0 Å². The standard InChI is InChI=1S/C23H30N2O3S/c1-2-3-18-29(27,28)25-16-14-21(15-17-25)24-23(26)22(19-10-6-4-7-11-19)20-12-8-5-9-13-20/h4-13,21-22H,2-3,14-18H2,1H3,(H,24,26). The smallest absolute Gasteiger partial charge is 0.232 e. The number of sulfonamides is 1. The summed E-state index contributed by atoms with van der Waals surface area (Å²) in [5, 5.41) is 3.17. The summed E-state index contributed by atoms with van der Waals surface area (Å²) in [6.07, 6.45) is 2.85. The average molecular weight is 415 g/mol. The highest BCUT2D eigenvalue weighted by Crippen LogP contribution is 2.26. The first-order valence-corrected chi connectivity index (χ1v) is 12.0. The number of nitrogens with one attached hydrogen (secondary N) is 1. The number of nitrogens with zero attached hydrogens (tertiary/aromatic N) is 1. The molecule has 1 amide bonds. The number of amides is 1. The molecule has 0 radical (unpaired) electrons. The number of hydrogen-bond donors (Lipinski definition) is 1. The van der Waals surface area contributed by atoms with E-state index in [1.165, 1.54) is 0 Å². The molecule has 29 heavy (non-hydrogen) atoms. The fourth-order valence-electron chi connectivity index (χ4n) is 3.80. The molecule has 3 rings (SSSR count). The molecule has 1 saturated heterocycles. The Morgan fingerprint density at radius 2 is 1.52 bits per heavy atom. The van der Waals surface area contributed by atoms with Gasteiger partial charge in [-0.1, -0.05) is 74.0 Å². The Bertz CT molecular complexity index is 837. The van der Waals surface area contributed by atoms with E-state index in [1.54, 1.807) is 4.31 Å². The number of hydrogen-bond acceptors (Lipinski definition) is 3. The Hall–Kier alpha value is -2.18. The van der Waals surface area contributed by atoms with Crippen molar-refractivity contribution in [3.05, 3.63) is 71.8 Å². The summed E-state index contributed by atoms with van der Waals surface area (Å²) in [5.74, 6) is -0.191. The summed E-state index contributed by atoms with van der Waals surface area (Å²) in [6, 6.07) is 19.5. The van der Waals surface area contributed by atoms with Gasteiger partial charge in [0.15, 0.2) is 0 Å². The van der Waals surface area contributed by atoms with E-state index in [0.717, 1.165) is 17.5 Å². The van der Waals surface area contributed by atoms with Crippen LogP contribution in [0.2, 0.25) is 0 Å². The van der Waals surface area contributed by atoms with E-state index in [4.69, 9.17) is 0 Å². The molecule has 2 aromatic rings. The summed E-state index contributed by atoms with van der Waals surface area (Å²) in [7, 11) is -3.18. The third-order valence-corrected chi connectivity index (χ3v) is 7.43. The predicted octanol–water partition coefficient (Wildman–Crippen LogP) is 3.53. The monoisotopic (exact) mass is 414 g/mol. The van der Waals surface area contributed by atoms with Crippen molar-refractivity contribution in [2.45, 2.75) is 44.6 Å². The summed E-state index contributed by atoms with van der Waals surface area (Å²) in [5.41, 5.74) is 1.91. The summed E-state index contributed by atoms with van der Waals surface area (Å²) >= 11 is 0. The average Bonchev–Trinajstić information content (AvgIpc) is 2.74. The summed E-state index contributed by atoms with van der Waals surface area (Å²) in [4.78, 5) is 13.2. The first kappa shape index (κ1) is 21.5. The molecule has 5 nitrogen and oxygen atoms in total. The zero-order valence-corrected chi connectivity index (χ0v) is 17.8. The van der Waals surface area contributed by atoms with E-state index in [0.29, 0.717) is 32.4 Å². The second kappa shape index (κ2) is 10.0. The highest BCUT2D eigenvalue weighted by molar-refractivity contribution is 7.89. The number of unbranched alkanes of at least 4 members (excludes halogenated alkanes) is 1. The fourth-order valence-corrected chi connectivity index (χ4v) is 5.48. The Morgan fingerprint density at radius 3 is 2.00 bits per heavy atom. The van der Waals surface area contributed by atoms with Crippen LogP contribution in [-0.2, 0) is 14.8 Å². The predicted molar refractivity (Wildman–Crippen MR) is 116 cm³/mol. The molecule has 0 bridgehead atoms. The van der Waals surface area contributed by atoms with E-state index in [-0.39, 0.29) is 23.6 Å². The Morgan fingerprint density at radius 1 is 1.00 bits per heavy atom. The quantitative estimate of drug-likeness (QED) is 0.719. The lowest BCUT2D eigenvalue weighted by molar-refractivity contribution is -0.122. The van der Waals surface area contributed by atoms with Crippen molar-refractivity contribution in [1.82, 2.24) is 9.62 Å². The molecule has 1 aliphatic rings. The number of rotatable bonds is 8. The molecule has 1 aliphatic heterocycles. The van der Waals surface area contributed by atoms with Crippen LogP contribution in [0.15, 0.2) is 60.7 Å². The van der Waals surface area contributed by atoms with Crippen molar-refractivity contribution in [1.29, 1.82) is 0 Å². The van der Waals surface area contributed by atoms with Gasteiger partial charge in [0.25, 0.3) is 0 Å². The van der Waals surface area contributed by atoms with Gasteiger partial charge < -0.3 is 5.32 Å². The molecule has 0 saturated carbocycles. The van der Waals surface area contributed by atoms with Crippen LogP contribution in [0.3, 0.4) is 0 Å². The van der Waals surface area contributed by atoms with E-state index < -0.39 is 10.0 Å². The van der Waals surface area contributed by atoms with Gasteiger partial charge >= 0.3 is 0 Å². The van der Waals surface area contributed by atoms with E-state index >= 15 is 0 Å². The molecular formula is C23H30N2O3S. The lowest BCUT2D eigenvalue weighted by Crippen LogP contribution is -2.48. The molecule has 0 atom stereocenters. The maximum absolute atomic E-state index is 13.2. The normalized spacial score (nSPS) is 16.1. The maximum Gasteiger partial charge on any atom is 0.232 e. The minimum absolute atomic E-state index is 0.00458. The minimum atomic E-state index is -3.18. The number of piperidine rings is 1. The van der Waals surface area contributed by atoms with Gasteiger partial charge in [0.2, 0.25) is 15.9 Å². The Balaban J connectivity index is 1.66. The van der Waals surface area contributed by atoms with Gasteiger partial charge in [-0.05, 0) is 30.4 Å². The van der Waals surface area contributed by atoms with Crippen molar-refractivity contribution in [2.24, 2.45) is 0 Å². The third-order valence-electron chi connectivity index (χ3n) is 5.48. The van der Waals surface area contributed by atoms with E-state index in [1.807, 2.05) is 67.6 Å². The van der Waals surface area contributed by atoms with E-state index in [2.05, 4.69) is 5.32 Å². The van der Waals surface area contributed by atoms with Gasteiger partial charge in [-0.15, -0.1) is 0 Å². The van der Waals surface area contributed by atoms with Crippen molar-refractivity contribution in [3.8, 4) is 0 Å². The van der Waals surface area contributed by atoms with Crippen LogP contribution < -0.4 is 5.32 Å². The SMILES string of the molecule is CCCCS(=O)(=O)N1CCC(NC(=O)C(c2ccccc2)c2ccccc2)CC1. The molecule has 6 heteroatoms. The van der Waals surface area contributed by atoms with Crippen LogP contribution in [-0.4, -0.2) is 43.5 Å². The summed E-state index contributed by atoms with van der Waals surface area (Å²) in [6.45, 7) is 2.93. The first-order chi connectivity index (χ1) is 14.0. The number of carbonyl (C=O) groups is 1. The largest absolute Gasteiger partial charge is 0.352 e. The molecule has 1 heterocycles. The number of benzene rings is 2. The summed E-state index contributed by atoms with van der Waals surface area (Å²) < 4.78 is 26.4. The molecule has 1 N–H and O–H groups in total. The van der Waals surface area contributed by atoms with Crippen molar-refractivity contribution >= 4 is 15.9 Å². The van der Waals surface area contributed by atoms with Crippen LogP contribution in [0, 0.1) is 0 Å². The fraction of sp³-hybridized carbons (Fsp3) is 0.435. The maximum atomic E-state index is 13.2. The number of carbonyl (C=O) groups excluding carboxylic acids is 1. The van der Waals surface area contributed by atoms with Crippen LogP contribution in [0.1, 0.15) is 49.7 Å². The van der Waals surface area contributed by atoms with Crippen molar-refractivity contribution < 1.29 is 13.2 Å². The molecular weight excluding hydrogens is 384 g/mol. The first-order valence-electron chi connectivity index (χ1n) is 10.4. The molecule has 0 aromatic heterocycles. The van der Waals surface area contributed by atoms with Gasteiger partial charge in [0.05, 0.1) is 11.7 Å². The molecule has 2 aromatic carbocycles. The second-order valence-electron chi connectivity index (χ2n) is 7.61. The molecule has 0 unspecified atom stereocenters. The molecule has 156 valence electrons. The van der Waals surface area contributed by atoms with Gasteiger partial charge in [0, 0.05) is 19.1 Å². The highest BCUT2D eigenvalue weighted by atomic mass is 32.2. The lowest BCUT2D eigenvalue weighted by atomic mass is 9.90. The van der Waals surface area contributed by atoms with Crippen LogP contribution in [0.25, 0.3) is 0 Å². The van der Waals surface area contributed by atoms with Crippen molar-refractivity contribution in [2.75, 3.05) is 18.8 Å². The zero-order chi connectivity index (χ0) is 20.7. The second-order valence-corrected chi connectivity index (χ2v) is 9.69. The topological polar surface area (TPSA) is 66.5 Å². The van der Waals surface area contributed by atoms with Crippen LogP contribution >= 0.6 is 0 Å². The minimum Gasteiger partial charge on any atom is -0.352 e.